The van der Waals surface area contributed by atoms with Crippen LogP contribution in [-0.2, 0) is 9.53 Å². The molecule has 0 aliphatic carbocycles. The van der Waals surface area contributed by atoms with E-state index in [-0.39, 0.29) is 5.82 Å². The van der Waals surface area contributed by atoms with Gasteiger partial charge in [0.1, 0.15) is 5.82 Å². The Labute approximate surface area is 110 Å². The van der Waals surface area contributed by atoms with Gasteiger partial charge in [-0.1, -0.05) is 18.7 Å². The predicted octanol–water partition coefficient (Wildman–Crippen LogP) is 2.80. The minimum Gasteiger partial charge on any atom is -0.451 e. The molecule has 0 radical (unpaired) electrons. The van der Waals surface area contributed by atoms with Crippen molar-refractivity contribution in [2.45, 2.75) is 13.0 Å². The topological polar surface area (TPSA) is 44.1 Å². The zero-order valence-electron chi connectivity index (χ0n) is 10.4. The van der Waals surface area contributed by atoms with Crippen molar-refractivity contribution in [1.82, 2.24) is 9.78 Å². The standard InChI is InChI=1S/C14H13FN2O2/c1-10(17-9-3-8-16-17)14(19-11(2)18)12-4-6-13(15)7-5-12/h3-9,14H,1H2,2H3. The van der Waals surface area contributed by atoms with Crippen molar-refractivity contribution < 1.29 is 13.9 Å². The molecule has 19 heavy (non-hydrogen) atoms. The fraction of sp³-hybridized carbons (Fsp3) is 0.143. The van der Waals surface area contributed by atoms with E-state index in [0.717, 1.165) is 0 Å². The fourth-order valence-corrected chi connectivity index (χ4v) is 1.69. The highest BCUT2D eigenvalue weighted by molar-refractivity contribution is 5.68. The molecule has 4 nitrogen and oxygen atoms in total. The molecule has 0 aliphatic heterocycles. The van der Waals surface area contributed by atoms with Gasteiger partial charge in [0.25, 0.3) is 0 Å². The number of benzene rings is 1. The summed E-state index contributed by atoms with van der Waals surface area (Å²) in [6, 6.07) is 7.46. The second-order valence-electron chi connectivity index (χ2n) is 3.98. The third-order valence-electron chi connectivity index (χ3n) is 2.56. The fourth-order valence-electron chi connectivity index (χ4n) is 1.69. The Balaban J connectivity index is 2.33. The molecule has 98 valence electrons. The lowest BCUT2D eigenvalue weighted by atomic mass is 10.1. The van der Waals surface area contributed by atoms with Gasteiger partial charge in [0.15, 0.2) is 6.10 Å². The number of rotatable bonds is 4. The van der Waals surface area contributed by atoms with Crippen molar-refractivity contribution in [1.29, 1.82) is 0 Å². The third-order valence-corrected chi connectivity index (χ3v) is 2.56. The van der Waals surface area contributed by atoms with Crippen LogP contribution in [-0.4, -0.2) is 15.7 Å². The molecule has 2 rings (SSSR count). The summed E-state index contributed by atoms with van der Waals surface area (Å²) in [7, 11) is 0. The van der Waals surface area contributed by atoms with Crippen LogP contribution in [0.4, 0.5) is 4.39 Å². The Morgan fingerprint density at radius 3 is 2.63 bits per heavy atom. The molecule has 0 saturated carbocycles. The maximum atomic E-state index is 12.9. The highest BCUT2D eigenvalue weighted by Gasteiger charge is 2.20. The van der Waals surface area contributed by atoms with Crippen LogP contribution in [0.25, 0.3) is 5.70 Å². The van der Waals surface area contributed by atoms with Crippen LogP contribution < -0.4 is 0 Å². The smallest absolute Gasteiger partial charge is 0.303 e. The Morgan fingerprint density at radius 2 is 2.11 bits per heavy atom. The minimum absolute atomic E-state index is 0.352. The quantitative estimate of drug-likeness (QED) is 0.794. The Bertz CT molecular complexity index is 576. The first-order chi connectivity index (χ1) is 9.08. The molecular weight excluding hydrogens is 247 g/mol. The van der Waals surface area contributed by atoms with Crippen molar-refractivity contribution in [2.75, 3.05) is 0 Å². The number of hydrogen-bond acceptors (Lipinski definition) is 3. The van der Waals surface area contributed by atoms with Crippen LogP contribution in [0.3, 0.4) is 0 Å². The Morgan fingerprint density at radius 1 is 1.42 bits per heavy atom. The summed E-state index contributed by atoms with van der Waals surface area (Å²) in [5, 5.41) is 4.04. The van der Waals surface area contributed by atoms with Crippen molar-refractivity contribution >= 4 is 11.7 Å². The lowest BCUT2D eigenvalue weighted by Crippen LogP contribution is -2.14. The van der Waals surface area contributed by atoms with E-state index in [0.29, 0.717) is 11.3 Å². The van der Waals surface area contributed by atoms with Crippen LogP contribution in [0.15, 0.2) is 49.3 Å². The molecule has 0 spiro atoms. The third kappa shape index (κ3) is 3.07. The zero-order chi connectivity index (χ0) is 13.8. The number of aromatic nitrogens is 2. The van der Waals surface area contributed by atoms with Crippen LogP contribution in [0, 0.1) is 5.82 Å². The van der Waals surface area contributed by atoms with Gasteiger partial charge in [0.05, 0.1) is 5.70 Å². The van der Waals surface area contributed by atoms with Crippen LogP contribution in [0.2, 0.25) is 0 Å². The van der Waals surface area contributed by atoms with E-state index < -0.39 is 12.1 Å². The molecule has 0 amide bonds. The molecule has 1 aromatic heterocycles. The molecule has 1 unspecified atom stereocenters. The molecule has 0 fully saturated rings. The number of carbonyl (C=O) groups is 1. The summed E-state index contributed by atoms with van der Waals surface area (Å²) in [5.41, 5.74) is 1.11. The van der Waals surface area contributed by atoms with E-state index in [4.69, 9.17) is 4.74 Å². The number of halogens is 1. The minimum atomic E-state index is -0.696. The lowest BCUT2D eigenvalue weighted by molar-refractivity contribution is -0.144. The van der Waals surface area contributed by atoms with Crippen molar-refractivity contribution in [3.63, 3.8) is 0 Å². The molecule has 0 aliphatic rings. The molecule has 0 saturated heterocycles. The SMILES string of the molecule is C=C(C(OC(C)=O)c1ccc(F)cc1)n1cccn1. The van der Waals surface area contributed by atoms with Gasteiger partial charge in [-0.05, 0) is 23.8 Å². The number of ether oxygens (including phenoxy) is 1. The first-order valence-electron chi connectivity index (χ1n) is 5.69. The van der Waals surface area contributed by atoms with E-state index in [1.807, 2.05) is 0 Å². The van der Waals surface area contributed by atoms with Gasteiger partial charge >= 0.3 is 5.97 Å². The molecule has 1 atom stereocenters. The normalized spacial score (nSPS) is 11.9. The largest absolute Gasteiger partial charge is 0.451 e. The highest BCUT2D eigenvalue weighted by Crippen LogP contribution is 2.27. The van der Waals surface area contributed by atoms with Crippen LogP contribution >= 0.6 is 0 Å². The summed E-state index contributed by atoms with van der Waals surface area (Å²) in [6.07, 6.45) is 2.60. The lowest BCUT2D eigenvalue weighted by Gasteiger charge is -2.19. The van der Waals surface area contributed by atoms with Gasteiger partial charge in [-0.2, -0.15) is 5.10 Å². The van der Waals surface area contributed by atoms with Gasteiger partial charge in [-0.3, -0.25) is 4.79 Å². The van der Waals surface area contributed by atoms with E-state index in [1.54, 1.807) is 30.6 Å². The average Bonchev–Trinajstić information content (AvgIpc) is 2.90. The molecule has 1 aromatic carbocycles. The molecule has 5 heteroatoms. The first-order valence-corrected chi connectivity index (χ1v) is 5.69. The molecular formula is C14H13FN2O2. The summed E-state index contributed by atoms with van der Waals surface area (Å²) >= 11 is 0. The van der Waals surface area contributed by atoms with Crippen molar-refractivity contribution in [3.8, 4) is 0 Å². The molecule has 2 aromatic rings. The monoisotopic (exact) mass is 260 g/mol. The maximum Gasteiger partial charge on any atom is 0.303 e. The Kier molecular flexibility index (Phi) is 3.75. The number of nitrogens with zero attached hydrogens (tertiary/aromatic N) is 2. The van der Waals surface area contributed by atoms with Crippen LogP contribution in [0.1, 0.15) is 18.6 Å². The van der Waals surface area contributed by atoms with Gasteiger partial charge in [-0.25, -0.2) is 9.07 Å². The molecule has 0 bridgehead atoms. The van der Waals surface area contributed by atoms with E-state index in [2.05, 4.69) is 11.7 Å². The van der Waals surface area contributed by atoms with Crippen molar-refractivity contribution in [3.05, 3.63) is 60.7 Å². The number of hydrogen-bond donors (Lipinski definition) is 0. The molecule has 0 N–H and O–H groups in total. The zero-order valence-corrected chi connectivity index (χ0v) is 10.4. The van der Waals surface area contributed by atoms with E-state index in [9.17, 15) is 9.18 Å². The van der Waals surface area contributed by atoms with E-state index >= 15 is 0 Å². The van der Waals surface area contributed by atoms with E-state index in [1.165, 1.54) is 23.7 Å². The summed E-state index contributed by atoms with van der Waals surface area (Å²) in [4.78, 5) is 11.2. The van der Waals surface area contributed by atoms with Crippen LogP contribution in [0.5, 0.6) is 0 Å². The summed E-state index contributed by atoms with van der Waals surface area (Å²) in [5.74, 6) is -0.794. The van der Waals surface area contributed by atoms with Gasteiger partial charge < -0.3 is 4.74 Å². The number of esters is 1. The van der Waals surface area contributed by atoms with Crippen molar-refractivity contribution in [2.24, 2.45) is 0 Å². The molecule has 1 heterocycles. The van der Waals surface area contributed by atoms with Gasteiger partial charge in [-0.15, -0.1) is 0 Å². The first kappa shape index (κ1) is 13.0. The number of carbonyl (C=O) groups excluding carboxylic acids is 1. The average molecular weight is 260 g/mol. The Hall–Kier alpha value is -2.43. The summed E-state index contributed by atoms with van der Waals surface area (Å²) in [6.45, 7) is 5.19. The maximum absolute atomic E-state index is 12.9. The summed E-state index contributed by atoms with van der Waals surface area (Å²) < 4.78 is 19.7. The predicted molar refractivity (Wildman–Crippen MR) is 68.5 cm³/mol. The van der Waals surface area contributed by atoms with Gasteiger partial charge in [0.2, 0.25) is 0 Å². The van der Waals surface area contributed by atoms with Gasteiger partial charge in [0, 0.05) is 19.3 Å². The second kappa shape index (κ2) is 5.48. The highest BCUT2D eigenvalue weighted by atomic mass is 19.1. The second-order valence-corrected chi connectivity index (χ2v) is 3.98.